The number of carboxylic acid groups (broad SMARTS) is 1. The summed E-state index contributed by atoms with van der Waals surface area (Å²) < 4.78 is 7.11. The Balaban J connectivity index is 2.43. The molecule has 0 bridgehead atoms. The van der Waals surface area contributed by atoms with Gasteiger partial charge in [0.15, 0.2) is 0 Å². The van der Waals surface area contributed by atoms with Gasteiger partial charge in [0.05, 0.1) is 24.4 Å². The van der Waals surface area contributed by atoms with Gasteiger partial charge in [0.2, 0.25) is 0 Å². The molecule has 1 aromatic heterocycles. The molecule has 5 nitrogen and oxygen atoms in total. The largest absolute Gasteiger partial charge is 0.496 e. The van der Waals surface area contributed by atoms with E-state index in [1.165, 1.54) is 0 Å². The molecule has 3 aromatic rings. The van der Waals surface area contributed by atoms with E-state index >= 15 is 0 Å². The molecular weight excluding hydrogens is 292 g/mol. The van der Waals surface area contributed by atoms with Crippen LogP contribution in [0.2, 0.25) is 0 Å². The molecule has 0 saturated heterocycles. The quantitative estimate of drug-likeness (QED) is 0.803. The predicted molar refractivity (Wildman–Crippen MR) is 89.1 cm³/mol. The van der Waals surface area contributed by atoms with Crippen LogP contribution in [0, 0.1) is 13.8 Å². The van der Waals surface area contributed by atoms with E-state index in [9.17, 15) is 9.90 Å². The van der Waals surface area contributed by atoms with E-state index in [0.29, 0.717) is 0 Å². The SMILES string of the molecule is COc1ccc(C)c(-c2cc(C(=O)O)cc3c2cnn3C)c1C. The molecule has 0 unspecified atom stereocenters. The highest BCUT2D eigenvalue weighted by atomic mass is 16.5. The van der Waals surface area contributed by atoms with Gasteiger partial charge in [-0.15, -0.1) is 0 Å². The molecule has 0 fully saturated rings. The van der Waals surface area contributed by atoms with Gasteiger partial charge in [-0.1, -0.05) is 6.07 Å². The molecule has 2 aromatic carbocycles. The van der Waals surface area contributed by atoms with E-state index in [-0.39, 0.29) is 5.56 Å². The fourth-order valence-electron chi connectivity index (χ4n) is 3.04. The van der Waals surface area contributed by atoms with Gasteiger partial charge >= 0.3 is 5.97 Å². The molecule has 0 atom stereocenters. The number of benzene rings is 2. The summed E-state index contributed by atoms with van der Waals surface area (Å²) in [5.41, 5.74) is 4.95. The third kappa shape index (κ3) is 2.34. The van der Waals surface area contributed by atoms with Crippen LogP contribution in [0.3, 0.4) is 0 Å². The molecule has 0 amide bonds. The summed E-state index contributed by atoms with van der Waals surface area (Å²) in [6.45, 7) is 3.99. The number of hydrogen-bond donors (Lipinski definition) is 1. The van der Waals surface area contributed by atoms with Crippen molar-refractivity contribution in [3.63, 3.8) is 0 Å². The van der Waals surface area contributed by atoms with Crippen LogP contribution < -0.4 is 4.74 Å². The van der Waals surface area contributed by atoms with Crippen molar-refractivity contribution < 1.29 is 14.6 Å². The number of methoxy groups -OCH3 is 1. The van der Waals surface area contributed by atoms with Crippen LogP contribution in [0.15, 0.2) is 30.5 Å². The summed E-state index contributed by atoms with van der Waals surface area (Å²) in [7, 11) is 3.44. The summed E-state index contributed by atoms with van der Waals surface area (Å²) in [5, 5.41) is 14.6. The second-order valence-electron chi connectivity index (χ2n) is 5.61. The van der Waals surface area contributed by atoms with Crippen LogP contribution in [0.25, 0.3) is 22.0 Å². The Labute approximate surface area is 134 Å². The number of ether oxygens (including phenoxy) is 1. The summed E-state index contributed by atoms with van der Waals surface area (Å²) in [6, 6.07) is 7.27. The lowest BCUT2D eigenvalue weighted by atomic mass is 9.91. The number of rotatable bonds is 3. The molecule has 1 N–H and O–H groups in total. The third-order valence-corrected chi connectivity index (χ3v) is 4.23. The van der Waals surface area contributed by atoms with Crippen LogP contribution >= 0.6 is 0 Å². The van der Waals surface area contributed by atoms with Crippen LogP contribution in [-0.4, -0.2) is 28.0 Å². The standard InChI is InChI=1S/C18H18N2O3/c1-10-5-6-16(23-4)11(2)17(10)13-7-12(18(21)22)8-15-14(13)9-19-20(15)3/h5-9H,1-4H3,(H,21,22). The first-order valence-electron chi connectivity index (χ1n) is 7.27. The minimum Gasteiger partial charge on any atom is -0.496 e. The first-order chi connectivity index (χ1) is 10.9. The number of carboxylic acids is 1. The van der Waals surface area contributed by atoms with Crippen molar-refractivity contribution in [3.8, 4) is 16.9 Å². The second kappa shape index (κ2) is 5.43. The van der Waals surface area contributed by atoms with Gasteiger partial charge < -0.3 is 9.84 Å². The lowest BCUT2D eigenvalue weighted by Crippen LogP contribution is -2.00. The minimum absolute atomic E-state index is 0.248. The molecule has 5 heteroatoms. The lowest BCUT2D eigenvalue weighted by Gasteiger charge is -2.15. The highest BCUT2D eigenvalue weighted by Crippen LogP contribution is 2.37. The summed E-state index contributed by atoms with van der Waals surface area (Å²) >= 11 is 0. The van der Waals surface area contributed by atoms with Crippen LogP contribution in [-0.2, 0) is 7.05 Å². The minimum atomic E-state index is -0.951. The highest BCUT2D eigenvalue weighted by molar-refractivity contribution is 6.02. The zero-order chi connectivity index (χ0) is 16.7. The number of nitrogens with zero attached hydrogens (tertiary/aromatic N) is 2. The number of fused-ring (bicyclic) bond motifs is 1. The molecule has 0 aliphatic carbocycles. The average Bonchev–Trinajstić information content (AvgIpc) is 2.89. The van der Waals surface area contributed by atoms with Crippen molar-refractivity contribution in [3.05, 3.63) is 47.2 Å². The maximum Gasteiger partial charge on any atom is 0.335 e. The first kappa shape index (κ1) is 15.1. The Morgan fingerprint density at radius 2 is 2.00 bits per heavy atom. The number of carbonyl (C=O) groups is 1. The second-order valence-corrected chi connectivity index (χ2v) is 5.61. The Kier molecular flexibility index (Phi) is 3.56. The number of hydrogen-bond acceptors (Lipinski definition) is 3. The number of aromatic carboxylic acids is 1. The van der Waals surface area contributed by atoms with Crippen molar-refractivity contribution in [1.82, 2.24) is 9.78 Å². The topological polar surface area (TPSA) is 64.3 Å². The van der Waals surface area contributed by atoms with Crippen LogP contribution in [0.4, 0.5) is 0 Å². The van der Waals surface area contributed by atoms with Gasteiger partial charge in [-0.05, 0) is 54.3 Å². The smallest absolute Gasteiger partial charge is 0.335 e. The van der Waals surface area contributed by atoms with Crippen molar-refractivity contribution in [2.24, 2.45) is 7.05 Å². The predicted octanol–water partition coefficient (Wildman–Crippen LogP) is 3.56. The summed E-state index contributed by atoms with van der Waals surface area (Å²) in [6.07, 6.45) is 1.77. The molecule has 1 heterocycles. The average molecular weight is 310 g/mol. The Morgan fingerprint density at radius 3 is 2.65 bits per heavy atom. The van der Waals surface area contributed by atoms with Gasteiger partial charge in [-0.2, -0.15) is 5.10 Å². The van der Waals surface area contributed by atoms with E-state index < -0.39 is 5.97 Å². The maximum atomic E-state index is 11.5. The number of aryl methyl sites for hydroxylation is 2. The van der Waals surface area contributed by atoms with Crippen molar-refractivity contribution in [2.45, 2.75) is 13.8 Å². The molecular formula is C18H18N2O3. The van der Waals surface area contributed by atoms with Crippen molar-refractivity contribution in [1.29, 1.82) is 0 Å². The van der Waals surface area contributed by atoms with Gasteiger partial charge in [0, 0.05) is 12.4 Å². The molecule has 0 radical (unpaired) electrons. The van der Waals surface area contributed by atoms with Gasteiger partial charge in [0.25, 0.3) is 0 Å². The molecule has 0 spiro atoms. The molecule has 0 aliphatic rings. The monoisotopic (exact) mass is 310 g/mol. The molecule has 0 saturated carbocycles. The van der Waals surface area contributed by atoms with Crippen LogP contribution in [0.5, 0.6) is 5.75 Å². The molecule has 118 valence electrons. The fraction of sp³-hybridized carbons (Fsp3) is 0.222. The van der Waals surface area contributed by atoms with E-state index in [2.05, 4.69) is 5.10 Å². The molecule has 0 aliphatic heterocycles. The maximum absolute atomic E-state index is 11.5. The fourth-order valence-corrected chi connectivity index (χ4v) is 3.04. The Hall–Kier alpha value is -2.82. The van der Waals surface area contributed by atoms with E-state index in [4.69, 9.17) is 4.74 Å². The van der Waals surface area contributed by atoms with Gasteiger partial charge in [0.1, 0.15) is 5.75 Å². The lowest BCUT2D eigenvalue weighted by molar-refractivity contribution is 0.0697. The summed E-state index contributed by atoms with van der Waals surface area (Å²) in [5.74, 6) is -0.170. The molecule has 23 heavy (non-hydrogen) atoms. The third-order valence-electron chi connectivity index (χ3n) is 4.23. The molecule has 3 rings (SSSR count). The van der Waals surface area contributed by atoms with Gasteiger partial charge in [-0.25, -0.2) is 4.79 Å². The Bertz CT molecular complexity index is 926. The zero-order valence-corrected chi connectivity index (χ0v) is 13.5. The Morgan fingerprint density at radius 1 is 1.26 bits per heavy atom. The zero-order valence-electron chi connectivity index (χ0n) is 13.5. The normalized spacial score (nSPS) is 11.0. The van der Waals surface area contributed by atoms with E-state index in [0.717, 1.165) is 38.9 Å². The van der Waals surface area contributed by atoms with Crippen molar-refractivity contribution >= 4 is 16.9 Å². The van der Waals surface area contributed by atoms with E-state index in [1.54, 1.807) is 30.1 Å². The highest BCUT2D eigenvalue weighted by Gasteiger charge is 2.17. The van der Waals surface area contributed by atoms with E-state index in [1.807, 2.05) is 33.0 Å². The van der Waals surface area contributed by atoms with Gasteiger partial charge in [-0.3, -0.25) is 4.68 Å². The number of aromatic nitrogens is 2. The van der Waals surface area contributed by atoms with Crippen molar-refractivity contribution in [2.75, 3.05) is 7.11 Å². The van der Waals surface area contributed by atoms with Crippen LogP contribution in [0.1, 0.15) is 21.5 Å². The first-order valence-corrected chi connectivity index (χ1v) is 7.27. The summed E-state index contributed by atoms with van der Waals surface area (Å²) in [4.78, 5) is 11.5.